The summed E-state index contributed by atoms with van der Waals surface area (Å²) in [5, 5.41) is 9.22. The fourth-order valence-corrected chi connectivity index (χ4v) is 8.85. The zero-order valence-corrected chi connectivity index (χ0v) is 30.0. The molecule has 0 heterocycles. The average Bonchev–Trinajstić information content (AvgIpc) is 3.18. The van der Waals surface area contributed by atoms with Crippen LogP contribution in [0.1, 0.15) is 44.5 Å². The van der Waals surface area contributed by atoms with Gasteiger partial charge in [-0.15, -0.1) is 0 Å². The monoisotopic (exact) mass is 680 g/mol. The number of hydrogen-bond donors (Lipinski definition) is 0. The predicted molar refractivity (Wildman–Crippen MR) is 213 cm³/mol. The molecule has 1 aliphatic rings. The maximum absolute atomic E-state index is 6.26. The predicted octanol–water partition coefficient (Wildman–Crippen LogP) is 11.0. The lowest BCUT2D eigenvalue weighted by atomic mass is 9.86. The van der Waals surface area contributed by atoms with Gasteiger partial charge in [0.05, 0.1) is 28.4 Å². The summed E-state index contributed by atoms with van der Waals surface area (Å²) >= 11 is 0. The second-order valence-corrected chi connectivity index (χ2v) is 13.8. The normalized spacial score (nSPS) is 12.7. The first-order valence-corrected chi connectivity index (χ1v) is 17.9. The van der Waals surface area contributed by atoms with Gasteiger partial charge in [-0.05, 0) is 72.5 Å². The minimum Gasteiger partial charge on any atom is -0.496 e. The SMILES string of the molecule is COc1c2cc(c3ccccc13)Cc1cc(c3ccccc3c1OC)Cc1cc(c(OC)c3ccccc13)Cc1cc(c(OC)c3ccccc13)C2. The molecule has 0 N–H and O–H groups in total. The zero-order valence-electron chi connectivity index (χ0n) is 30.0. The summed E-state index contributed by atoms with van der Waals surface area (Å²) in [7, 11) is 7.15. The van der Waals surface area contributed by atoms with Crippen LogP contribution in [0.5, 0.6) is 23.0 Å². The summed E-state index contributed by atoms with van der Waals surface area (Å²) in [5.41, 5.74) is 9.57. The third-order valence-corrected chi connectivity index (χ3v) is 11.0. The van der Waals surface area contributed by atoms with Crippen LogP contribution in [-0.4, -0.2) is 28.4 Å². The van der Waals surface area contributed by atoms with Crippen LogP contribution in [0.2, 0.25) is 0 Å². The Morgan fingerprint density at radius 2 is 0.462 bits per heavy atom. The molecule has 4 nitrogen and oxygen atoms in total. The first kappa shape index (κ1) is 31.9. The van der Waals surface area contributed by atoms with Crippen molar-refractivity contribution in [3.05, 3.63) is 166 Å². The van der Waals surface area contributed by atoms with Crippen molar-refractivity contribution in [3.8, 4) is 23.0 Å². The van der Waals surface area contributed by atoms with Gasteiger partial charge in [0.15, 0.2) is 0 Å². The Hall–Kier alpha value is -6.00. The van der Waals surface area contributed by atoms with Gasteiger partial charge >= 0.3 is 0 Å². The van der Waals surface area contributed by atoms with Gasteiger partial charge in [-0.3, -0.25) is 0 Å². The van der Waals surface area contributed by atoms with E-state index < -0.39 is 0 Å². The average molecular weight is 681 g/mol. The van der Waals surface area contributed by atoms with Crippen molar-refractivity contribution in [2.75, 3.05) is 28.4 Å². The molecule has 0 fully saturated rings. The third-order valence-electron chi connectivity index (χ3n) is 11.0. The van der Waals surface area contributed by atoms with Gasteiger partial charge in [-0.25, -0.2) is 0 Å². The van der Waals surface area contributed by atoms with Crippen LogP contribution in [0.15, 0.2) is 121 Å². The second-order valence-electron chi connectivity index (χ2n) is 13.8. The number of hydrogen-bond acceptors (Lipinski definition) is 4. The topological polar surface area (TPSA) is 36.9 Å². The van der Waals surface area contributed by atoms with Crippen molar-refractivity contribution in [2.45, 2.75) is 25.7 Å². The molecule has 8 aromatic carbocycles. The highest BCUT2D eigenvalue weighted by Gasteiger charge is 2.23. The number of fused-ring (bicyclic) bond motifs is 16. The fraction of sp³-hybridized carbons (Fsp3) is 0.167. The zero-order chi connectivity index (χ0) is 35.3. The molecule has 8 bridgehead atoms. The van der Waals surface area contributed by atoms with Crippen molar-refractivity contribution in [3.63, 3.8) is 0 Å². The molecular formula is C48H40O4. The van der Waals surface area contributed by atoms with E-state index in [0.717, 1.165) is 73.2 Å². The van der Waals surface area contributed by atoms with Gasteiger partial charge in [0, 0.05) is 40.8 Å². The lowest BCUT2D eigenvalue weighted by Gasteiger charge is -2.22. The first-order valence-electron chi connectivity index (χ1n) is 17.9. The maximum Gasteiger partial charge on any atom is 0.130 e. The highest BCUT2D eigenvalue weighted by Crippen LogP contribution is 2.43. The van der Waals surface area contributed by atoms with E-state index in [1.54, 1.807) is 28.4 Å². The van der Waals surface area contributed by atoms with Crippen molar-refractivity contribution in [1.29, 1.82) is 0 Å². The van der Waals surface area contributed by atoms with E-state index in [9.17, 15) is 0 Å². The molecule has 1 aliphatic carbocycles. The smallest absolute Gasteiger partial charge is 0.130 e. The summed E-state index contributed by atoms with van der Waals surface area (Å²) in [6.07, 6.45) is 2.81. The van der Waals surface area contributed by atoms with E-state index in [1.165, 1.54) is 43.8 Å². The van der Waals surface area contributed by atoms with E-state index in [1.807, 2.05) is 0 Å². The molecule has 0 aromatic heterocycles. The first-order chi connectivity index (χ1) is 25.6. The van der Waals surface area contributed by atoms with Gasteiger partial charge in [-0.1, -0.05) is 121 Å². The molecule has 9 rings (SSSR count). The second kappa shape index (κ2) is 13.0. The quantitative estimate of drug-likeness (QED) is 0.185. The van der Waals surface area contributed by atoms with Gasteiger partial charge in [0.1, 0.15) is 23.0 Å². The Morgan fingerprint density at radius 3 is 0.692 bits per heavy atom. The van der Waals surface area contributed by atoms with Crippen molar-refractivity contribution >= 4 is 43.1 Å². The molecule has 8 aromatic rings. The Kier molecular flexibility index (Phi) is 7.96. The summed E-state index contributed by atoms with van der Waals surface area (Å²) in [6, 6.07) is 44.0. The van der Waals surface area contributed by atoms with E-state index in [4.69, 9.17) is 18.9 Å². The molecule has 0 saturated heterocycles. The number of rotatable bonds is 4. The molecule has 0 saturated carbocycles. The Balaban J connectivity index is 1.41. The van der Waals surface area contributed by atoms with E-state index in [2.05, 4.69) is 121 Å². The van der Waals surface area contributed by atoms with Gasteiger partial charge in [-0.2, -0.15) is 0 Å². The molecule has 52 heavy (non-hydrogen) atoms. The number of benzene rings is 8. The van der Waals surface area contributed by atoms with Crippen LogP contribution in [0.4, 0.5) is 0 Å². The van der Waals surface area contributed by atoms with Crippen molar-refractivity contribution in [1.82, 2.24) is 0 Å². The largest absolute Gasteiger partial charge is 0.496 e. The van der Waals surface area contributed by atoms with Gasteiger partial charge < -0.3 is 18.9 Å². The van der Waals surface area contributed by atoms with Crippen LogP contribution < -0.4 is 18.9 Å². The maximum atomic E-state index is 6.26. The van der Waals surface area contributed by atoms with E-state index in [-0.39, 0.29) is 0 Å². The number of methoxy groups -OCH3 is 4. The molecule has 4 heteroatoms. The molecule has 0 amide bonds. The van der Waals surface area contributed by atoms with Crippen LogP contribution in [0.3, 0.4) is 0 Å². The third kappa shape index (κ3) is 5.12. The van der Waals surface area contributed by atoms with E-state index in [0.29, 0.717) is 19.3 Å². The van der Waals surface area contributed by atoms with Crippen molar-refractivity contribution < 1.29 is 18.9 Å². The molecule has 0 atom stereocenters. The lowest BCUT2D eigenvalue weighted by Crippen LogP contribution is -2.05. The minimum absolute atomic E-state index is 0.641. The Labute approximate surface area is 304 Å². The molecule has 0 spiro atoms. The molecule has 0 radical (unpaired) electrons. The summed E-state index contributed by atoms with van der Waals surface area (Å²) < 4.78 is 25.0. The molecule has 0 aliphatic heterocycles. The van der Waals surface area contributed by atoms with Crippen LogP contribution >= 0.6 is 0 Å². The molecule has 0 unspecified atom stereocenters. The highest BCUT2D eigenvalue weighted by atomic mass is 16.5. The molecular weight excluding hydrogens is 641 g/mol. The summed E-state index contributed by atoms with van der Waals surface area (Å²) in [4.78, 5) is 0. The van der Waals surface area contributed by atoms with E-state index >= 15 is 0 Å². The van der Waals surface area contributed by atoms with Gasteiger partial charge in [0.2, 0.25) is 0 Å². The van der Waals surface area contributed by atoms with Crippen molar-refractivity contribution in [2.24, 2.45) is 0 Å². The number of ether oxygens (including phenoxy) is 4. The van der Waals surface area contributed by atoms with Crippen LogP contribution in [-0.2, 0) is 25.7 Å². The highest BCUT2D eigenvalue weighted by molar-refractivity contribution is 5.98. The Bertz CT molecular complexity index is 2500. The fourth-order valence-electron chi connectivity index (χ4n) is 8.85. The molecule has 256 valence electrons. The summed E-state index contributed by atoms with van der Waals surface area (Å²) in [5.74, 6) is 3.62. The Morgan fingerprint density at radius 1 is 0.269 bits per heavy atom. The van der Waals surface area contributed by atoms with Crippen LogP contribution in [0, 0.1) is 0 Å². The lowest BCUT2D eigenvalue weighted by molar-refractivity contribution is 0.410. The minimum atomic E-state index is 0.641. The van der Waals surface area contributed by atoms with Gasteiger partial charge in [0.25, 0.3) is 0 Å². The summed E-state index contributed by atoms with van der Waals surface area (Å²) in [6.45, 7) is 0. The standard InChI is InChI=1S/C48H40O4/c1-49-45-33-22-29(37-13-5-9-17-41(37)45)21-30-23-34(46(50-2)42-18-10-6-14-38(30)42)25-32-27-36(48(52-4)44-20-12-8-16-40(32)44)28-35-26-31(24-33)39-15-7-11-19-43(39)47(35)51-3/h5-20,22-23,26-27H,21,24-25,28H2,1-4H3. The van der Waals surface area contributed by atoms with Crippen LogP contribution in [0.25, 0.3) is 43.1 Å².